The van der Waals surface area contributed by atoms with Crippen molar-refractivity contribution in [3.63, 3.8) is 0 Å². The van der Waals surface area contributed by atoms with E-state index >= 15 is 0 Å². The first kappa shape index (κ1) is 14.5. The predicted molar refractivity (Wildman–Crippen MR) is 83.7 cm³/mol. The van der Waals surface area contributed by atoms with Crippen molar-refractivity contribution in [2.75, 3.05) is 12.4 Å². The van der Waals surface area contributed by atoms with Gasteiger partial charge in [0.15, 0.2) is 5.75 Å². The first-order valence-electron chi connectivity index (χ1n) is 6.67. The normalized spacial score (nSPS) is 10.5. The van der Waals surface area contributed by atoms with Gasteiger partial charge in [0.05, 0.1) is 23.1 Å². The summed E-state index contributed by atoms with van der Waals surface area (Å²) in [7, 11) is 1.33. The molecule has 0 atom stereocenters. The quantitative estimate of drug-likeness (QED) is 0.568. The highest BCUT2D eigenvalue weighted by atomic mass is 16.6. The molecule has 0 aliphatic rings. The van der Waals surface area contributed by atoms with Gasteiger partial charge < -0.3 is 9.72 Å². The summed E-state index contributed by atoms with van der Waals surface area (Å²) in [5, 5.41) is 13.6. The number of nitrogens with zero attached hydrogens (tertiary/aromatic N) is 2. The molecule has 3 rings (SSSR count). The lowest BCUT2D eigenvalue weighted by atomic mass is 10.2. The fourth-order valence-corrected chi connectivity index (χ4v) is 2.17. The number of benzene rings is 2. The van der Waals surface area contributed by atoms with Crippen LogP contribution in [0.5, 0.6) is 5.75 Å². The molecule has 1 heterocycles. The average Bonchev–Trinajstić information content (AvgIpc) is 2.96. The molecule has 0 unspecified atom stereocenters. The van der Waals surface area contributed by atoms with Gasteiger partial charge in [-0.3, -0.25) is 20.2 Å². The Labute approximate surface area is 130 Å². The lowest BCUT2D eigenvalue weighted by Gasteiger charge is -2.05. The Morgan fingerprint density at radius 3 is 2.78 bits per heavy atom. The van der Waals surface area contributed by atoms with Crippen molar-refractivity contribution in [2.45, 2.75) is 0 Å². The number of methoxy groups -OCH3 is 1. The van der Waals surface area contributed by atoms with Crippen LogP contribution in [0.1, 0.15) is 10.4 Å². The minimum atomic E-state index is -0.600. The summed E-state index contributed by atoms with van der Waals surface area (Å²) in [5.74, 6) is -0.139. The summed E-state index contributed by atoms with van der Waals surface area (Å²) < 4.78 is 4.91. The van der Waals surface area contributed by atoms with E-state index in [1.54, 1.807) is 6.07 Å². The summed E-state index contributed by atoms with van der Waals surface area (Å²) in [5.41, 5.74) is 1.36. The van der Waals surface area contributed by atoms with Crippen LogP contribution in [0.25, 0.3) is 11.0 Å². The molecule has 0 saturated carbocycles. The first-order chi connectivity index (χ1) is 11.1. The molecule has 23 heavy (non-hydrogen) atoms. The van der Waals surface area contributed by atoms with Crippen molar-refractivity contribution in [3.8, 4) is 5.75 Å². The second-order valence-corrected chi connectivity index (χ2v) is 4.70. The molecule has 0 fully saturated rings. The third-order valence-electron chi connectivity index (χ3n) is 3.26. The molecule has 0 spiro atoms. The zero-order valence-corrected chi connectivity index (χ0v) is 12.1. The molecular weight excluding hydrogens is 300 g/mol. The molecule has 0 aliphatic heterocycles. The first-order valence-corrected chi connectivity index (χ1v) is 6.67. The number of nitro benzene ring substituents is 1. The second-order valence-electron chi connectivity index (χ2n) is 4.70. The topological polar surface area (TPSA) is 110 Å². The Hall–Kier alpha value is -3.42. The number of H-pyrrole nitrogens is 1. The van der Waals surface area contributed by atoms with E-state index in [4.69, 9.17) is 4.74 Å². The molecule has 2 N–H and O–H groups in total. The summed E-state index contributed by atoms with van der Waals surface area (Å²) in [6.07, 6.45) is 0. The number of carbonyl (C=O) groups excluding carboxylic acids is 1. The number of aromatic nitrogens is 2. The SMILES string of the molecule is COc1ccc(C(=O)Nc2nc3ccccc3[nH]2)cc1[N+](=O)[O-]. The average molecular weight is 312 g/mol. The van der Waals surface area contributed by atoms with Gasteiger partial charge in [0.1, 0.15) is 0 Å². The molecular formula is C15H12N4O4. The molecule has 1 amide bonds. The molecule has 0 radical (unpaired) electrons. The third kappa shape index (κ3) is 2.82. The van der Waals surface area contributed by atoms with Crippen molar-refractivity contribution >= 4 is 28.6 Å². The Kier molecular flexibility index (Phi) is 3.63. The largest absolute Gasteiger partial charge is 0.490 e. The van der Waals surface area contributed by atoms with Crippen LogP contribution in [0.4, 0.5) is 11.6 Å². The number of nitrogens with one attached hydrogen (secondary N) is 2. The van der Waals surface area contributed by atoms with E-state index in [1.165, 1.54) is 19.2 Å². The molecule has 0 bridgehead atoms. The van der Waals surface area contributed by atoms with E-state index in [2.05, 4.69) is 15.3 Å². The minimum absolute atomic E-state index is 0.0929. The van der Waals surface area contributed by atoms with Crippen molar-refractivity contribution in [2.24, 2.45) is 0 Å². The van der Waals surface area contributed by atoms with Crippen LogP contribution in [0.15, 0.2) is 42.5 Å². The van der Waals surface area contributed by atoms with Gasteiger partial charge in [-0.15, -0.1) is 0 Å². The van der Waals surface area contributed by atoms with Gasteiger partial charge in [0, 0.05) is 11.6 Å². The molecule has 3 aromatic rings. The number of imidazole rings is 1. The molecule has 2 aromatic carbocycles. The van der Waals surface area contributed by atoms with Gasteiger partial charge in [-0.25, -0.2) is 4.98 Å². The van der Waals surface area contributed by atoms with E-state index in [9.17, 15) is 14.9 Å². The Morgan fingerprint density at radius 2 is 2.09 bits per heavy atom. The van der Waals surface area contributed by atoms with Crippen molar-refractivity contribution in [3.05, 3.63) is 58.1 Å². The van der Waals surface area contributed by atoms with Crippen LogP contribution in [0.3, 0.4) is 0 Å². The highest BCUT2D eigenvalue weighted by Gasteiger charge is 2.18. The third-order valence-corrected chi connectivity index (χ3v) is 3.26. The number of carbonyl (C=O) groups is 1. The number of anilines is 1. The van der Waals surface area contributed by atoms with Crippen LogP contribution in [0, 0.1) is 10.1 Å². The number of rotatable bonds is 4. The molecule has 1 aromatic heterocycles. The number of amides is 1. The van der Waals surface area contributed by atoms with E-state index < -0.39 is 10.8 Å². The predicted octanol–water partition coefficient (Wildman–Crippen LogP) is 2.73. The number of para-hydroxylation sites is 2. The fourth-order valence-electron chi connectivity index (χ4n) is 2.17. The number of fused-ring (bicyclic) bond motifs is 1. The van der Waals surface area contributed by atoms with Gasteiger partial charge in [-0.1, -0.05) is 12.1 Å². The van der Waals surface area contributed by atoms with Crippen LogP contribution in [-0.4, -0.2) is 27.9 Å². The smallest absolute Gasteiger partial charge is 0.311 e. The molecule has 0 saturated heterocycles. The van der Waals surface area contributed by atoms with Gasteiger partial charge in [0.2, 0.25) is 5.95 Å². The summed E-state index contributed by atoms with van der Waals surface area (Å²) >= 11 is 0. The van der Waals surface area contributed by atoms with Crippen LogP contribution in [0.2, 0.25) is 0 Å². The highest BCUT2D eigenvalue weighted by molar-refractivity contribution is 6.04. The Bertz CT molecular complexity index is 870. The molecule has 8 nitrogen and oxygen atoms in total. The van der Waals surface area contributed by atoms with E-state index in [1.807, 2.05) is 18.2 Å². The Morgan fingerprint density at radius 1 is 1.30 bits per heavy atom. The number of aromatic amines is 1. The van der Waals surface area contributed by atoms with Crippen LogP contribution < -0.4 is 10.1 Å². The maximum atomic E-state index is 12.2. The van der Waals surface area contributed by atoms with Gasteiger partial charge in [-0.2, -0.15) is 0 Å². The number of nitro groups is 1. The Balaban J connectivity index is 1.88. The zero-order chi connectivity index (χ0) is 16.4. The standard InChI is InChI=1S/C15H12N4O4/c1-23-13-7-6-9(8-12(13)19(21)22)14(20)18-15-16-10-4-2-3-5-11(10)17-15/h2-8H,1H3,(H2,16,17,18,20). The summed E-state index contributed by atoms with van der Waals surface area (Å²) in [4.78, 5) is 29.8. The summed E-state index contributed by atoms with van der Waals surface area (Å²) in [6.45, 7) is 0. The maximum absolute atomic E-state index is 12.2. The van der Waals surface area contributed by atoms with Gasteiger partial charge >= 0.3 is 5.69 Å². The lowest BCUT2D eigenvalue weighted by Crippen LogP contribution is -2.13. The van der Waals surface area contributed by atoms with Gasteiger partial charge in [-0.05, 0) is 24.3 Å². The van der Waals surface area contributed by atoms with Crippen LogP contribution >= 0.6 is 0 Å². The second kappa shape index (κ2) is 5.76. The monoisotopic (exact) mass is 312 g/mol. The maximum Gasteiger partial charge on any atom is 0.311 e. The number of hydrogen-bond acceptors (Lipinski definition) is 5. The molecule has 116 valence electrons. The molecule has 8 heteroatoms. The number of ether oxygens (including phenoxy) is 1. The molecule has 0 aliphatic carbocycles. The van der Waals surface area contributed by atoms with Crippen LogP contribution in [-0.2, 0) is 0 Å². The fraction of sp³-hybridized carbons (Fsp3) is 0.0667. The zero-order valence-electron chi connectivity index (χ0n) is 12.1. The summed E-state index contributed by atoms with van der Waals surface area (Å²) in [6, 6.07) is 11.3. The van der Waals surface area contributed by atoms with Crippen molar-refractivity contribution in [1.29, 1.82) is 0 Å². The number of hydrogen-bond donors (Lipinski definition) is 2. The minimum Gasteiger partial charge on any atom is -0.490 e. The van der Waals surface area contributed by atoms with Crippen molar-refractivity contribution < 1.29 is 14.5 Å². The van der Waals surface area contributed by atoms with E-state index in [0.717, 1.165) is 11.6 Å². The highest BCUT2D eigenvalue weighted by Crippen LogP contribution is 2.27. The van der Waals surface area contributed by atoms with E-state index in [-0.39, 0.29) is 22.9 Å². The lowest BCUT2D eigenvalue weighted by molar-refractivity contribution is -0.385. The van der Waals surface area contributed by atoms with E-state index in [0.29, 0.717) is 5.52 Å². The van der Waals surface area contributed by atoms with Gasteiger partial charge in [0.25, 0.3) is 5.91 Å². The van der Waals surface area contributed by atoms with Crippen molar-refractivity contribution in [1.82, 2.24) is 9.97 Å².